The number of carboxylic acid groups (broad SMARTS) is 1. The highest BCUT2D eigenvalue weighted by Crippen LogP contribution is 2.29. The molecule has 0 aliphatic carbocycles. The zero-order chi connectivity index (χ0) is 20.3. The summed E-state index contributed by atoms with van der Waals surface area (Å²) in [4.78, 5) is 48.6. The first kappa shape index (κ1) is 21.7. The lowest BCUT2D eigenvalue weighted by Crippen LogP contribution is -2.75. The Kier molecular flexibility index (Phi) is 6.27. The second-order valence-corrected chi connectivity index (χ2v) is 8.35. The van der Waals surface area contributed by atoms with Gasteiger partial charge in [-0.05, 0) is 48.0 Å². The fourth-order valence-electron chi connectivity index (χ4n) is 2.49. The van der Waals surface area contributed by atoms with E-state index in [0.29, 0.717) is 0 Å². The number of carboxylic acids is 1. The monoisotopic (exact) mass is 372 g/mol. The molecule has 0 aromatic rings. The fraction of sp³-hybridized carbons (Fsp3) is 0.765. The molecule has 0 unspecified atom stereocenters. The van der Waals surface area contributed by atoms with E-state index < -0.39 is 40.7 Å². The first-order valence-electron chi connectivity index (χ1n) is 8.38. The third kappa shape index (κ3) is 6.53. The van der Waals surface area contributed by atoms with Gasteiger partial charge in [0.2, 0.25) is 0 Å². The lowest BCUT2D eigenvalue weighted by Gasteiger charge is -2.48. The molecular formula is C17H28N2O7. The molecule has 1 heterocycles. The predicted molar refractivity (Wildman–Crippen MR) is 91.4 cm³/mol. The van der Waals surface area contributed by atoms with Gasteiger partial charge in [0.1, 0.15) is 23.3 Å². The highest BCUT2D eigenvalue weighted by molar-refractivity contribution is 5.98. The zero-order valence-electron chi connectivity index (χ0n) is 16.2. The van der Waals surface area contributed by atoms with Gasteiger partial charge in [-0.2, -0.15) is 0 Å². The van der Waals surface area contributed by atoms with Crippen molar-refractivity contribution >= 4 is 23.9 Å². The van der Waals surface area contributed by atoms with Crippen molar-refractivity contribution in [1.82, 2.24) is 10.2 Å². The van der Waals surface area contributed by atoms with Crippen LogP contribution in [0, 0.1) is 0 Å². The van der Waals surface area contributed by atoms with Crippen LogP contribution in [0.4, 0.5) is 4.79 Å². The van der Waals surface area contributed by atoms with E-state index in [2.05, 4.69) is 5.32 Å². The van der Waals surface area contributed by atoms with Crippen molar-refractivity contribution in [2.75, 3.05) is 13.1 Å². The quantitative estimate of drug-likeness (QED) is 0.532. The van der Waals surface area contributed by atoms with E-state index in [4.69, 9.17) is 14.6 Å². The van der Waals surface area contributed by atoms with Gasteiger partial charge in [-0.1, -0.05) is 0 Å². The number of alkyl carbamates (subject to hydrolysis) is 1. The largest absolute Gasteiger partial charge is 0.481 e. The fourth-order valence-corrected chi connectivity index (χ4v) is 2.49. The molecule has 0 saturated carbocycles. The maximum Gasteiger partial charge on any atom is 0.408 e. The molecule has 9 heteroatoms. The van der Waals surface area contributed by atoms with Gasteiger partial charge in [0.05, 0.1) is 6.54 Å². The van der Waals surface area contributed by atoms with E-state index in [1.165, 1.54) is 4.90 Å². The van der Waals surface area contributed by atoms with Gasteiger partial charge in [0.25, 0.3) is 5.91 Å². The molecule has 0 bridgehead atoms. The van der Waals surface area contributed by atoms with Gasteiger partial charge in [0, 0.05) is 6.42 Å². The van der Waals surface area contributed by atoms with Crippen LogP contribution in [0.1, 0.15) is 54.4 Å². The van der Waals surface area contributed by atoms with Crippen LogP contribution < -0.4 is 5.32 Å². The predicted octanol–water partition coefficient (Wildman–Crippen LogP) is 1.30. The molecule has 0 radical (unpaired) electrons. The van der Waals surface area contributed by atoms with Crippen molar-refractivity contribution in [2.24, 2.45) is 0 Å². The SMILES string of the molecule is CC(C)(C)OC(=O)CN1C[C@@](CCC(=O)O)(NC(=O)OC(C)(C)C)C1=O. The smallest absolute Gasteiger partial charge is 0.408 e. The van der Waals surface area contributed by atoms with Crippen LogP contribution in [0.2, 0.25) is 0 Å². The lowest BCUT2D eigenvalue weighted by molar-refractivity contribution is -0.168. The number of nitrogens with zero attached hydrogens (tertiary/aromatic N) is 1. The topological polar surface area (TPSA) is 122 Å². The molecule has 1 rings (SSSR count). The molecule has 0 aromatic carbocycles. The van der Waals surface area contributed by atoms with E-state index in [1.807, 2.05) is 0 Å². The van der Waals surface area contributed by atoms with E-state index >= 15 is 0 Å². The molecule has 1 aliphatic rings. The maximum absolute atomic E-state index is 12.6. The highest BCUT2D eigenvalue weighted by atomic mass is 16.6. The average molecular weight is 372 g/mol. The molecule has 9 nitrogen and oxygen atoms in total. The summed E-state index contributed by atoms with van der Waals surface area (Å²) in [6.07, 6.45) is -1.21. The number of β-lactam (4-membered cyclic amide) rings is 1. The van der Waals surface area contributed by atoms with Crippen LogP contribution in [0.15, 0.2) is 0 Å². The minimum Gasteiger partial charge on any atom is -0.481 e. The molecule has 148 valence electrons. The Morgan fingerprint density at radius 1 is 1.12 bits per heavy atom. The van der Waals surface area contributed by atoms with Crippen molar-refractivity contribution in [3.8, 4) is 0 Å². The standard InChI is InChI=1S/C17H28N2O7/c1-15(2,3)25-12(22)9-19-10-17(13(19)23,8-7-11(20)21)18-14(24)26-16(4,5)6/h7-10H2,1-6H3,(H,18,24)(H,20,21)/t17-/m1/s1. The maximum atomic E-state index is 12.6. The minimum atomic E-state index is -1.39. The van der Waals surface area contributed by atoms with Crippen LogP contribution in [-0.2, 0) is 23.9 Å². The summed E-state index contributed by atoms with van der Waals surface area (Å²) in [7, 11) is 0. The second kappa shape index (κ2) is 7.51. The number of esters is 1. The Morgan fingerprint density at radius 2 is 1.65 bits per heavy atom. The van der Waals surface area contributed by atoms with Crippen LogP contribution in [0.25, 0.3) is 0 Å². The number of nitrogens with one attached hydrogen (secondary N) is 1. The van der Waals surface area contributed by atoms with Crippen molar-refractivity contribution in [3.63, 3.8) is 0 Å². The summed E-state index contributed by atoms with van der Waals surface area (Å²) in [6.45, 7) is 9.91. The number of hydrogen-bond acceptors (Lipinski definition) is 6. The number of aliphatic carboxylic acids is 1. The van der Waals surface area contributed by atoms with Crippen molar-refractivity contribution in [3.05, 3.63) is 0 Å². The van der Waals surface area contributed by atoms with Crippen LogP contribution in [-0.4, -0.2) is 63.8 Å². The van der Waals surface area contributed by atoms with Crippen molar-refractivity contribution in [2.45, 2.75) is 71.1 Å². The summed E-state index contributed by atoms with van der Waals surface area (Å²) in [5.74, 6) is -2.20. The Hall–Kier alpha value is -2.32. The molecule has 1 fully saturated rings. The number of likely N-dealkylation sites (tertiary alicyclic amines) is 1. The second-order valence-electron chi connectivity index (χ2n) is 8.35. The Balaban J connectivity index is 2.77. The molecule has 0 aromatic heterocycles. The zero-order valence-corrected chi connectivity index (χ0v) is 16.2. The van der Waals surface area contributed by atoms with Crippen molar-refractivity contribution in [1.29, 1.82) is 0 Å². The van der Waals surface area contributed by atoms with E-state index in [9.17, 15) is 19.2 Å². The number of rotatable bonds is 6. The molecule has 26 heavy (non-hydrogen) atoms. The Morgan fingerprint density at radius 3 is 2.08 bits per heavy atom. The summed E-state index contributed by atoms with van der Waals surface area (Å²) < 4.78 is 10.3. The molecule has 1 saturated heterocycles. The van der Waals surface area contributed by atoms with E-state index in [-0.39, 0.29) is 25.9 Å². The number of ether oxygens (including phenoxy) is 2. The highest BCUT2D eigenvalue weighted by Gasteiger charge is 2.54. The Labute approximate surface area is 153 Å². The lowest BCUT2D eigenvalue weighted by atomic mass is 9.83. The minimum absolute atomic E-state index is 0.0115. The van der Waals surface area contributed by atoms with Crippen LogP contribution in [0.5, 0.6) is 0 Å². The van der Waals surface area contributed by atoms with E-state index in [1.54, 1.807) is 41.5 Å². The number of carbonyl (C=O) groups excluding carboxylic acids is 3. The van der Waals surface area contributed by atoms with Gasteiger partial charge in [0.15, 0.2) is 0 Å². The summed E-state index contributed by atoms with van der Waals surface area (Å²) in [6, 6.07) is 0. The third-order valence-electron chi connectivity index (χ3n) is 3.40. The normalized spacial score (nSPS) is 20.2. The Bertz CT molecular complexity index is 589. The summed E-state index contributed by atoms with van der Waals surface area (Å²) in [5.41, 5.74) is -2.83. The third-order valence-corrected chi connectivity index (χ3v) is 3.40. The first-order valence-corrected chi connectivity index (χ1v) is 8.38. The molecular weight excluding hydrogens is 344 g/mol. The molecule has 0 spiro atoms. The first-order chi connectivity index (χ1) is 11.6. The summed E-state index contributed by atoms with van der Waals surface area (Å²) in [5, 5.41) is 11.4. The van der Waals surface area contributed by atoms with E-state index in [0.717, 1.165) is 0 Å². The van der Waals surface area contributed by atoms with Gasteiger partial charge in [-0.15, -0.1) is 0 Å². The van der Waals surface area contributed by atoms with Crippen molar-refractivity contribution < 1.29 is 33.8 Å². The molecule has 1 aliphatic heterocycles. The van der Waals surface area contributed by atoms with Gasteiger partial charge >= 0.3 is 18.0 Å². The number of amides is 2. The van der Waals surface area contributed by atoms with Gasteiger partial charge in [-0.25, -0.2) is 4.79 Å². The number of carbonyl (C=O) groups is 4. The number of hydrogen-bond donors (Lipinski definition) is 2. The van der Waals surface area contributed by atoms with Gasteiger partial charge in [-0.3, -0.25) is 14.4 Å². The molecule has 1 atom stereocenters. The molecule has 2 amide bonds. The van der Waals surface area contributed by atoms with Crippen LogP contribution in [0.3, 0.4) is 0 Å². The van der Waals surface area contributed by atoms with Crippen LogP contribution >= 0.6 is 0 Å². The van der Waals surface area contributed by atoms with Gasteiger partial charge < -0.3 is 24.8 Å². The summed E-state index contributed by atoms with van der Waals surface area (Å²) >= 11 is 0. The molecule has 2 N–H and O–H groups in total. The average Bonchev–Trinajstić information content (AvgIpc) is 2.39.